The van der Waals surface area contributed by atoms with Crippen LogP contribution in [0.2, 0.25) is 0 Å². The van der Waals surface area contributed by atoms with E-state index in [-0.39, 0.29) is 12.5 Å². The highest BCUT2D eigenvalue weighted by Crippen LogP contribution is 2.08. The summed E-state index contributed by atoms with van der Waals surface area (Å²) in [4.78, 5) is 22.0. The van der Waals surface area contributed by atoms with Crippen molar-refractivity contribution in [1.82, 2.24) is 10.6 Å². The van der Waals surface area contributed by atoms with Crippen LogP contribution in [0.15, 0.2) is 0 Å². The fourth-order valence-corrected chi connectivity index (χ4v) is 0.857. The Morgan fingerprint density at radius 2 is 1.88 bits per heavy atom. The predicted molar refractivity (Wildman–Crippen MR) is 54.9 cm³/mol. The third-order valence-electron chi connectivity index (χ3n) is 1.77. The molecule has 0 atom stereocenters. The summed E-state index contributed by atoms with van der Waals surface area (Å²) in [5, 5.41) is 4.30. The molecule has 0 radical (unpaired) electrons. The molecule has 0 aliphatic carbocycles. The lowest BCUT2D eigenvalue weighted by molar-refractivity contribution is -0.126. The number of halogens is 2. The smallest absolute Gasteiger partial charge is 0.277 e. The van der Waals surface area contributed by atoms with Crippen molar-refractivity contribution >= 4 is 11.8 Å². The van der Waals surface area contributed by atoms with Crippen molar-refractivity contribution in [3.8, 4) is 0 Å². The van der Waals surface area contributed by atoms with Crippen molar-refractivity contribution in [2.24, 2.45) is 5.73 Å². The van der Waals surface area contributed by atoms with Gasteiger partial charge in [0.1, 0.15) is 0 Å². The highest BCUT2D eigenvalue weighted by Gasteiger charge is 2.26. The molecule has 0 aromatic carbocycles. The average molecular weight is 237 g/mol. The van der Waals surface area contributed by atoms with E-state index >= 15 is 0 Å². The van der Waals surface area contributed by atoms with Crippen LogP contribution in [0, 0.1) is 0 Å². The molecule has 0 aromatic heterocycles. The summed E-state index contributed by atoms with van der Waals surface area (Å²) in [6.45, 7) is -0.109. The van der Waals surface area contributed by atoms with Gasteiger partial charge in [0, 0.05) is 6.42 Å². The van der Waals surface area contributed by atoms with E-state index in [9.17, 15) is 18.4 Å². The minimum Gasteiger partial charge on any atom is -0.348 e. The predicted octanol–water partition coefficient (Wildman–Crippen LogP) is -0.387. The second kappa shape index (κ2) is 7.10. The minimum atomic E-state index is -3.11. The lowest BCUT2D eigenvalue weighted by Crippen LogP contribution is -2.44. The van der Waals surface area contributed by atoms with Gasteiger partial charge in [-0.05, 0) is 6.42 Å². The number of alkyl halides is 2. The molecule has 2 amide bonds. The monoisotopic (exact) mass is 237 g/mol. The summed E-state index contributed by atoms with van der Waals surface area (Å²) in [6.07, 6.45) is 0.977. The van der Waals surface area contributed by atoms with Gasteiger partial charge in [-0.3, -0.25) is 9.59 Å². The Morgan fingerprint density at radius 1 is 1.25 bits per heavy atom. The van der Waals surface area contributed by atoms with Gasteiger partial charge < -0.3 is 16.4 Å². The fraction of sp³-hybridized carbons (Fsp3) is 0.778. The van der Waals surface area contributed by atoms with Gasteiger partial charge in [-0.25, -0.2) is 8.78 Å². The molecule has 4 N–H and O–H groups in total. The van der Waals surface area contributed by atoms with Crippen molar-refractivity contribution in [1.29, 1.82) is 0 Å². The number of rotatable bonds is 7. The molecule has 5 nitrogen and oxygen atoms in total. The third-order valence-corrected chi connectivity index (χ3v) is 1.77. The van der Waals surface area contributed by atoms with Crippen LogP contribution in [0.4, 0.5) is 8.78 Å². The van der Waals surface area contributed by atoms with Crippen LogP contribution < -0.4 is 16.4 Å². The third kappa shape index (κ3) is 7.10. The van der Waals surface area contributed by atoms with E-state index in [0.29, 0.717) is 12.8 Å². The summed E-state index contributed by atoms with van der Waals surface area (Å²) < 4.78 is 25.2. The lowest BCUT2D eigenvalue weighted by Gasteiger charge is -2.14. The number of carbonyl (C=O) groups excluding carboxylic acids is 2. The number of hydrogen-bond donors (Lipinski definition) is 3. The van der Waals surface area contributed by atoms with Gasteiger partial charge in [-0.2, -0.15) is 0 Å². The largest absolute Gasteiger partial charge is 0.348 e. The standard InChI is InChI=1S/C9H17F2N3O2/c1-2-3-7(15)13-4-8(16)14-6-9(10,11)5-12/h2-6,12H2,1H3,(H,13,15)(H,14,16). The maximum Gasteiger partial charge on any atom is 0.277 e. The van der Waals surface area contributed by atoms with E-state index in [1.165, 1.54) is 0 Å². The summed E-state index contributed by atoms with van der Waals surface area (Å²) >= 11 is 0. The summed E-state index contributed by atoms with van der Waals surface area (Å²) in [7, 11) is 0. The van der Waals surface area contributed by atoms with Crippen LogP contribution in [0.25, 0.3) is 0 Å². The molecule has 94 valence electrons. The van der Waals surface area contributed by atoms with Crippen molar-refractivity contribution in [2.45, 2.75) is 25.7 Å². The minimum absolute atomic E-state index is 0.275. The number of nitrogens with two attached hydrogens (primary N) is 1. The summed E-state index contributed by atoms with van der Waals surface area (Å²) in [5.74, 6) is -4.04. The molecule has 0 fully saturated rings. The lowest BCUT2D eigenvalue weighted by atomic mass is 10.3. The zero-order valence-corrected chi connectivity index (χ0v) is 9.19. The van der Waals surface area contributed by atoms with Crippen LogP contribution in [0.3, 0.4) is 0 Å². The van der Waals surface area contributed by atoms with E-state index in [1.807, 2.05) is 12.2 Å². The van der Waals surface area contributed by atoms with E-state index < -0.39 is 24.9 Å². The molecule has 0 aliphatic heterocycles. The van der Waals surface area contributed by atoms with Gasteiger partial charge in [0.05, 0.1) is 19.6 Å². The van der Waals surface area contributed by atoms with Gasteiger partial charge in [-0.15, -0.1) is 0 Å². The van der Waals surface area contributed by atoms with Crippen molar-refractivity contribution in [2.75, 3.05) is 19.6 Å². The Bertz CT molecular complexity index is 247. The number of carbonyl (C=O) groups is 2. The molecule has 0 heterocycles. The van der Waals surface area contributed by atoms with Gasteiger partial charge in [0.15, 0.2) is 0 Å². The van der Waals surface area contributed by atoms with Gasteiger partial charge in [-0.1, -0.05) is 6.92 Å². The molecule has 0 aliphatic rings. The van der Waals surface area contributed by atoms with Crippen LogP contribution in [-0.4, -0.2) is 37.4 Å². The van der Waals surface area contributed by atoms with Crippen LogP contribution in [0.5, 0.6) is 0 Å². The van der Waals surface area contributed by atoms with E-state index in [4.69, 9.17) is 5.73 Å². The first kappa shape index (κ1) is 14.8. The maximum absolute atomic E-state index is 12.6. The van der Waals surface area contributed by atoms with E-state index in [0.717, 1.165) is 0 Å². The van der Waals surface area contributed by atoms with Gasteiger partial charge in [0.25, 0.3) is 5.92 Å². The van der Waals surface area contributed by atoms with Crippen LogP contribution in [0.1, 0.15) is 19.8 Å². The number of hydrogen-bond acceptors (Lipinski definition) is 3. The SMILES string of the molecule is CCCC(=O)NCC(=O)NCC(F)(F)CN. The molecule has 0 spiro atoms. The first-order chi connectivity index (χ1) is 7.41. The average Bonchev–Trinajstić information content (AvgIpc) is 2.24. The molecule has 0 rings (SSSR count). The quantitative estimate of drug-likeness (QED) is 0.564. The molecule has 0 bridgehead atoms. The Hall–Kier alpha value is -1.24. The Morgan fingerprint density at radius 3 is 2.38 bits per heavy atom. The van der Waals surface area contributed by atoms with Crippen LogP contribution >= 0.6 is 0 Å². The fourth-order valence-electron chi connectivity index (χ4n) is 0.857. The van der Waals surface area contributed by atoms with Gasteiger partial charge in [0.2, 0.25) is 11.8 Å². The van der Waals surface area contributed by atoms with Crippen molar-refractivity contribution in [3.63, 3.8) is 0 Å². The van der Waals surface area contributed by atoms with Gasteiger partial charge >= 0.3 is 0 Å². The highest BCUT2D eigenvalue weighted by molar-refractivity contribution is 5.84. The normalized spacial score (nSPS) is 11.0. The second-order valence-corrected chi connectivity index (χ2v) is 3.36. The molecule has 16 heavy (non-hydrogen) atoms. The summed E-state index contributed by atoms with van der Waals surface area (Å²) in [6, 6.07) is 0. The van der Waals surface area contributed by atoms with E-state index in [1.54, 1.807) is 0 Å². The summed E-state index contributed by atoms with van der Waals surface area (Å²) in [5.41, 5.74) is 4.78. The van der Waals surface area contributed by atoms with Crippen molar-refractivity contribution in [3.05, 3.63) is 0 Å². The topological polar surface area (TPSA) is 84.2 Å². The Kier molecular flexibility index (Phi) is 6.55. The number of amides is 2. The molecule has 0 unspecified atom stereocenters. The number of nitrogens with one attached hydrogen (secondary N) is 2. The molecular formula is C9H17F2N3O2. The zero-order chi connectivity index (χ0) is 12.6. The molecule has 7 heteroatoms. The maximum atomic E-state index is 12.6. The van der Waals surface area contributed by atoms with Crippen molar-refractivity contribution < 1.29 is 18.4 Å². The first-order valence-corrected chi connectivity index (χ1v) is 5.02. The molecule has 0 aromatic rings. The molecule has 0 saturated heterocycles. The van der Waals surface area contributed by atoms with E-state index in [2.05, 4.69) is 5.32 Å². The second-order valence-electron chi connectivity index (χ2n) is 3.36. The molecule has 0 saturated carbocycles. The first-order valence-electron chi connectivity index (χ1n) is 5.02. The zero-order valence-electron chi connectivity index (χ0n) is 9.19. The Balaban J connectivity index is 3.71. The van der Waals surface area contributed by atoms with Crippen LogP contribution in [-0.2, 0) is 9.59 Å². The highest BCUT2D eigenvalue weighted by atomic mass is 19.3. The molecular weight excluding hydrogens is 220 g/mol. The Labute approximate surface area is 92.8 Å².